The molecule has 2 aromatic rings. The van der Waals surface area contributed by atoms with Gasteiger partial charge in [-0.3, -0.25) is 4.90 Å². The average molecular weight is 416 g/mol. The summed E-state index contributed by atoms with van der Waals surface area (Å²) in [5.74, 6) is 1.20. The minimum Gasteiger partial charge on any atom is -0.480 e. The first-order valence-corrected chi connectivity index (χ1v) is 10.7. The van der Waals surface area contributed by atoms with Crippen LogP contribution in [0.15, 0.2) is 40.7 Å². The van der Waals surface area contributed by atoms with E-state index in [0.29, 0.717) is 17.3 Å². The van der Waals surface area contributed by atoms with Gasteiger partial charge in [0.05, 0.1) is 6.04 Å². The van der Waals surface area contributed by atoms with Gasteiger partial charge in [-0.15, -0.1) is 11.3 Å². The van der Waals surface area contributed by atoms with Crippen LogP contribution in [0.25, 0.3) is 0 Å². The first-order chi connectivity index (χ1) is 13.7. The van der Waals surface area contributed by atoms with E-state index in [0.717, 1.165) is 23.3 Å². The minimum atomic E-state index is -0.567. The van der Waals surface area contributed by atoms with Crippen LogP contribution in [0.2, 0.25) is 0 Å². The van der Waals surface area contributed by atoms with Gasteiger partial charge in [0.2, 0.25) is 0 Å². The highest BCUT2D eigenvalue weighted by atomic mass is 32.1. The fraction of sp³-hybridized carbons (Fsp3) is 0.455. The molecule has 0 radical (unpaired) electrons. The SMILES string of the molecule is CCCC1Oc2ccc(C(c3cccs3)N(C)C(=O)OC(C)(C)C)cc2N=C1N. The molecule has 0 spiro atoms. The van der Waals surface area contributed by atoms with Gasteiger partial charge in [-0.05, 0) is 56.3 Å². The summed E-state index contributed by atoms with van der Waals surface area (Å²) in [4.78, 5) is 20.0. The van der Waals surface area contributed by atoms with E-state index in [4.69, 9.17) is 15.2 Å². The predicted molar refractivity (Wildman–Crippen MR) is 117 cm³/mol. The Kier molecular flexibility index (Phi) is 6.17. The molecule has 0 saturated carbocycles. The largest absolute Gasteiger partial charge is 0.480 e. The molecule has 29 heavy (non-hydrogen) atoms. The number of thiophene rings is 1. The Bertz CT molecular complexity index is 887. The van der Waals surface area contributed by atoms with Crippen molar-refractivity contribution in [1.29, 1.82) is 0 Å². The summed E-state index contributed by atoms with van der Waals surface area (Å²) in [6.45, 7) is 7.67. The van der Waals surface area contributed by atoms with Crippen LogP contribution in [-0.2, 0) is 4.74 Å². The quantitative estimate of drug-likeness (QED) is 0.723. The molecule has 6 nitrogen and oxygen atoms in total. The second kappa shape index (κ2) is 8.45. The van der Waals surface area contributed by atoms with Gasteiger partial charge >= 0.3 is 6.09 Å². The lowest BCUT2D eigenvalue weighted by Gasteiger charge is -2.31. The van der Waals surface area contributed by atoms with Crippen LogP contribution < -0.4 is 10.5 Å². The summed E-state index contributed by atoms with van der Waals surface area (Å²) in [5.41, 5.74) is 7.16. The Morgan fingerprint density at radius 3 is 2.76 bits per heavy atom. The van der Waals surface area contributed by atoms with Crippen molar-refractivity contribution in [2.45, 2.75) is 58.3 Å². The number of nitrogens with two attached hydrogens (primary N) is 1. The Morgan fingerprint density at radius 2 is 2.14 bits per heavy atom. The van der Waals surface area contributed by atoms with Crippen LogP contribution in [0.1, 0.15) is 57.0 Å². The lowest BCUT2D eigenvalue weighted by Crippen LogP contribution is -2.37. The van der Waals surface area contributed by atoms with E-state index in [1.165, 1.54) is 0 Å². The standard InChI is InChI=1S/C22H29N3O3S/c1-6-8-17-20(23)24-15-13-14(10-11-16(15)27-17)19(18-9-7-12-29-18)25(5)21(26)28-22(2,3)4/h7,9-13,17,19H,6,8H2,1-5H3,(H2,23,24). The summed E-state index contributed by atoms with van der Waals surface area (Å²) in [6, 6.07) is 9.52. The van der Waals surface area contributed by atoms with E-state index in [2.05, 4.69) is 11.9 Å². The molecule has 7 heteroatoms. The number of rotatable bonds is 5. The number of fused-ring (bicyclic) bond motifs is 1. The second-order valence-corrected chi connectivity index (χ2v) is 9.15. The first kappa shape index (κ1) is 21.2. The van der Waals surface area contributed by atoms with Gasteiger partial charge in [-0.25, -0.2) is 9.79 Å². The maximum absolute atomic E-state index is 12.8. The third-order valence-electron chi connectivity index (χ3n) is 4.58. The monoisotopic (exact) mass is 415 g/mol. The molecule has 1 aromatic carbocycles. The molecule has 2 heterocycles. The molecular formula is C22H29N3O3S. The Labute approximate surface area is 176 Å². The summed E-state index contributed by atoms with van der Waals surface area (Å²) in [7, 11) is 1.75. The van der Waals surface area contributed by atoms with E-state index in [1.807, 2.05) is 56.5 Å². The molecule has 0 fully saturated rings. The van der Waals surface area contributed by atoms with Crippen molar-refractivity contribution < 1.29 is 14.3 Å². The molecule has 1 amide bonds. The molecule has 2 N–H and O–H groups in total. The normalized spacial score (nSPS) is 17.0. The number of aliphatic imine (C=N–C) groups is 1. The topological polar surface area (TPSA) is 77.1 Å². The van der Waals surface area contributed by atoms with Gasteiger partial charge < -0.3 is 15.2 Å². The highest BCUT2D eigenvalue weighted by Crippen LogP contribution is 2.39. The zero-order valence-electron chi connectivity index (χ0n) is 17.6. The van der Waals surface area contributed by atoms with Gasteiger partial charge in [0.25, 0.3) is 0 Å². The van der Waals surface area contributed by atoms with Crippen LogP contribution >= 0.6 is 11.3 Å². The van der Waals surface area contributed by atoms with Crippen molar-refractivity contribution in [3.63, 3.8) is 0 Å². The second-order valence-electron chi connectivity index (χ2n) is 8.17. The van der Waals surface area contributed by atoms with Crippen molar-refractivity contribution in [3.8, 4) is 5.75 Å². The van der Waals surface area contributed by atoms with Gasteiger partial charge in [0.15, 0.2) is 6.10 Å². The number of hydrogen-bond donors (Lipinski definition) is 1. The molecule has 3 rings (SSSR count). The van der Waals surface area contributed by atoms with Crippen molar-refractivity contribution in [1.82, 2.24) is 4.90 Å². The maximum Gasteiger partial charge on any atom is 0.410 e. The summed E-state index contributed by atoms with van der Waals surface area (Å²) < 4.78 is 11.6. The molecule has 1 aliphatic heterocycles. The summed E-state index contributed by atoms with van der Waals surface area (Å²) >= 11 is 1.59. The van der Waals surface area contributed by atoms with Gasteiger partial charge in [0.1, 0.15) is 22.9 Å². The number of hydrogen-bond acceptors (Lipinski definition) is 6. The zero-order valence-corrected chi connectivity index (χ0v) is 18.5. The lowest BCUT2D eigenvalue weighted by molar-refractivity contribution is 0.0251. The zero-order chi connectivity index (χ0) is 21.2. The maximum atomic E-state index is 12.8. The number of carbonyl (C=O) groups excluding carboxylic acids is 1. The third-order valence-corrected chi connectivity index (χ3v) is 5.50. The number of carbonyl (C=O) groups is 1. The van der Waals surface area contributed by atoms with Crippen LogP contribution in [0.3, 0.4) is 0 Å². The number of ether oxygens (including phenoxy) is 2. The van der Waals surface area contributed by atoms with E-state index < -0.39 is 5.60 Å². The summed E-state index contributed by atoms with van der Waals surface area (Å²) in [6.07, 6.45) is 1.23. The number of amides is 1. The average Bonchev–Trinajstić information content (AvgIpc) is 3.15. The molecule has 1 aliphatic rings. The van der Waals surface area contributed by atoms with Crippen molar-refractivity contribution in [2.75, 3.05) is 7.05 Å². The van der Waals surface area contributed by atoms with E-state index in [9.17, 15) is 4.79 Å². The van der Waals surface area contributed by atoms with E-state index >= 15 is 0 Å². The molecular weight excluding hydrogens is 386 g/mol. The highest BCUT2D eigenvalue weighted by molar-refractivity contribution is 7.10. The van der Waals surface area contributed by atoms with Gasteiger partial charge in [-0.2, -0.15) is 0 Å². The minimum absolute atomic E-state index is 0.184. The molecule has 2 unspecified atom stereocenters. The van der Waals surface area contributed by atoms with Gasteiger partial charge in [0, 0.05) is 11.9 Å². The van der Waals surface area contributed by atoms with Crippen LogP contribution in [0, 0.1) is 0 Å². The number of amidine groups is 1. The van der Waals surface area contributed by atoms with Crippen LogP contribution in [-0.4, -0.2) is 35.6 Å². The first-order valence-electron chi connectivity index (χ1n) is 9.83. The number of benzene rings is 1. The Hall–Kier alpha value is -2.54. The van der Waals surface area contributed by atoms with Crippen molar-refractivity contribution >= 4 is 29.0 Å². The fourth-order valence-corrected chi connectivity index (χ4v) is 4.14. The molecule has 1 aromatic heterocycles. The smallest absolute Gasteiger partial charge is 0.410 e. The number of nitrogens with zero attached hydrogens (tertiary/aromatic N) is 2. The molecule has 0 saturated heterocycles. The van der Waals surface area contributed by atoms with E-state index in [-0.39, 0.29) is 18.2 Å². The Balaban J connectivity index is 1.95. The van der Waals surface area contributed by atoms with Crippen LogP contribution in [0.4, 0.5) is 10.5 Å². The molecule has 0 bridgehead atoms. The van der Waals surface area contributed by atoms with Crippen molar-refractivity contribution in [3.05, 3.63) is 46.2 Å². The van der Waals surface area contributed by atoms with Gasteiger partial charge in [-0.1, -0.05) is 25.5 Å². The third kappa shape index (κ3) is 4.90. The fourth-order valence-electron chi connectivity index (χ4n) is 3.25. The van der Waals surface area contributed by atoms with Crippen molar-refractivity contribution in [2.24, 2.45) is 10.7 Å². The van der Waals surface area contributed by atoms with E-state index in [1.54, 1.807) is 23.3 Å². The molecule has 2 atom stereocenters. The lowest BCUT2D eigenvalue weighted by atomic mass is 10.0. The Morgan fingerprint density at radius 1 is 1.38 bits per heavy atom. The molecule has 156 valence electrons. The molecule has 0 aliphatic carbocycles. The summed E-state index contributed by atoms with van der Waals surface area (Å²) in [5, 5.41) is 2.00. The van der Waals surface area contributed by atoms with Crippen LogP contribution in [0.5, 0.6) is 5.75 Å². The highest BCUT2D eigenvalue weighted by Gasteiger charge is 2.30. The predicted octanol–water partition coefficient (Wildman–Crippen LogP) is 5.25.